The van der Waals surface area contributed by atoms with E-state index in [1.54, 1.807) is 0 Å². The molecule has 0 aromatic carbocycles. The van der Waals surface area contributed by atoms with Crippen molar-refractivity contribution in [2.24, 2.45) is 10.1 Å². The molecule has 3 rings (SSSR count). The van der Waals surface area contributed by atoms with Crippen LogP contribution in [0, 0.1) is 0 Å². The summed E-state index contributed by atoms with van der Waals surface area (Å²) < 4.78 is 5.39. The van der Waals surface area contributed by atoms with Crippen LogP contribution >= 0.6 is 0 Å². The number of ether oxygens (including phenoxy) is 1. The summed E-state index contributed by atoms with van der Waals surface area (Å²) in [6, 6.07) is 0. The van der Waals surface area contributed by atoms with Crippen LogP contribution in [0.3, 0.4) is 0 Å². The molecule has 0 amide bonds. The molecule has 3 aliphatic heterocycles. The third-order valence-corrected chi connectivity index (χ3v) is 3.02. The number of hydrogen-bond acceptors (Lipinski definition) is 5. The maximum absolute atomic E-state index is 5.39. The van der Waals surface area contributed by atoms with Gasteiger partial charge in [-0.05, 0) is 13.0 Å². The van der Waals surface area contributed by atoms with Crippen LogP contribution in [0.15, 0.2) is 39.6 Å². The maximum Gasteiger partial charge on any atom is 0.199 e. The van der Waals surface area contributed by atoms with Gasteiger partial charge < -0.3 is 9.64 Å². The number of allylic oxidation sites excluding steroid dienone is 2. The highest BCUT2D eigenvalue weighted by Crippen LogP contribution is 2.24. The SMILES string of the molecule is CC1=NC2=C=CCC=NN2C(N2CCOCC2)=C1. The number of morpholine rings is 1. The second-order valence-electron chi connectivity index (χ2n) is 4.37. The second kappa shape index (κ2) is 4.80. The van der Waals surface area contributed by atoms with Gasteiger partial charge in [-0.2, -0.15) is 10.1 Å². The third kappa shape index (κ3) is 2.10. The summed E-state index contributed by atoms with van der Waals surface area (Å²) in [5.41, 5.74) is 4.18. The molecule has 0 spiro atoms. The van der Waals surface area contributed by atoms with Gasteiger partial charge in [-0.3, -0.25) is 0 Å². The summed E-state index contributed by atoms with van der Waals surface area (Å²) in [4.78, 5) is 6.76. The van der Waals surface area contributed by atoms with Gasteiger partial charge in [0.15, 0.2) is 5.82 Å². The van der Waals surface area contributed by atoms with Gasteiger partial charge in [0.2, 0.25) is 0 Å². The molecule has 0 aliphatic carbocycles. The van der Waals surface area contributed by atoms with Crippen LogP contribution in [0.5, 0.6) is 0 Å². The molecule has 0 atom stereocenters. The normalized spacial score (nSPS) is 23.1. The van der Waals surface area contributed by atoms with Crippen molar-refractivity contribution in [1.29, 1.82) is 0 Å². The van der Waals surface area contributed by atoms with Crippen LogP contribution in [-0.2, 0) is 4.74 Å². The monoisotopic (exact) mass is 244 g/mol. The molecule has 5 nitrogen and oxygen atoms in total. The van der Waals surface area contributed by atoms with Crippen LogP contribution in [-0.4, -0.2) is 48.1 Å². The van der Waals surface area contributed by atoms with Crippen molar-refractivity contribution in [2.45, 2.75) is 13.3 Å². The average Bonchev–Trinajstić information content (AvgIpc) is 2.64. The molecule has 3 aliphatic rings. The quantitative estimate of drug-likeness (QED) is 0.653. The van der Waals surface area contributed by atoms with E-state index in [0.29, 0.717) is 0 Å². The fourth-order valence-corrected chi connectivity index (χ4v) is 2.16. The Labute approximate surface area is 106 Å². The summed E-state index contributed by atoms with van der Waals surface area (Å²) in [6.07, 6.45) is 6.70. The predicted octanol–water partition coefficient (Wildman–Crippen LogP) is 1.32. The largest absolute Gasteiger partial charge is 0.378 e. The number of hydrogen-bond donors (Lipinski definition) is 0. The Morgan fingerprint density at radius 2 is 2.17 bits per heavy atom. The van der Waals surface area contributed by atoms with Crippen molar-refractivity contribution in [3.63, 3.8) is 0 Å². The zero-order valence-corrected chi connectivity index (χ0v) is 10.5. The molecular formula is C13H16N4O. The molecule has 3 heterocycles. The van der Waals surface area contributed by atoms with E-state index < -0.39 is 0 Å². The smallest absolute Gasteiger partial charge is 0.199 e. The Morgan fingerprint density at radius 3 is 3.00 bits per heavy atom. The lowest BCUT2D eigenvalue weighted by molar-refractivity contribution is 0.0409. The molecule has 0 saturated carbocycles. The number of nitrogens with zero attached hydrogens (tertiary/aromatic N) is 4. The lowest BCUT2D eigenvalue weighted by Crippen LogP contribution is -2.41. The molecule has 1 fully saturated rings. The molecule has 1 saturated heterocycles. The first-order valence-electron chi connectivity index (χ1n) is 6.22. The first kappa shape index (κ1) is 11.3. The Hall–Kier alpha value is -1.84. The van der Waals surface area contributed by atoms with Crippen LogP contribution in [0.2, 0.25) is 0 Å². The first-order valence-corrected chi connectivity index (χ1v) is 6.22. The van der Waals surface area contributed by atoms with E-state index in [1.165, 1.54) is 0 Å². The highest BCUT2D eigenvalue weighted by atomic mass is 16.5. The van der Waals surface area contributed by atoms with E-state index in [0.717, 1.165) is 50.1 Å². The number of aliphatic imine (C=N–C) groups is 1. The number of hydrazone groups is 1. The van der Waals surface area contributed by atoms with Gasteiger partial charge in [0.1, 0.15) is 5.82 Å². The minimum absolute atomic E-state index is 0.764. The lowest BCUT2D eigenvalue weighted by Gasteiger charge is -2.36. The fraction of sp³-hybridized carbons (Fsp3) is 0.462. The lowest BCUT2D eigenvalue weighted by atomic mass is 10.3. The van der Waals surface area contributed by atoms with Crippen LogP contribution in [0.1, 0.15) is 13.3 Å². The molecule has 0 aromatic heterocycles. The summed E-state index contributed by atoms with van der Waals surface area (Å²) in [6.45, 7) is 5.31. The van der Waals surface area contributed by atoms with Gasteiger partial charge in [0, 0.05) is 37.5 Å². The van der Waals surface area contributed by atoms with Crippen LogP contribution < -0.4 is 0 Å². The van der Waals surface area contributed by atoms with Crippen molar-refractivity contribution in [1.82, 2.24) is 9.91 Å². The van der Waals surface area contributed by atoms with Crippen molar-refractivity contribution < 1.29 is 4.74 Å². The topological polar surface area (TPSA) is 40.4 Å². The molecule has 5 heteroatoms. The van der Waals surface area contributed by atoms with Crippen LogP contribution in [0.4, 0.5) is 0 Å². The summed E-state index contributed by atoms with van der Waals surface area (Å²) in [5.74, 6) is 1.84. The zero-order chi connectivity index (χ0) is 12.4. The second-order valence-corrected chi connectivity index (χ2v) is 4.37. The molecule has 18 heavy (non-hydrogen) atoms. The Morgan fingerprint density at radius 1 is 1.33 bits per heavy atom. The predicted molar refractivity (Wildman–Crippen MR) is 70.1 cm³/mol. The Balaban J connectivity index is 1.96. The molecular weight excluding hydrogens is 228 g/mol. The van der Waals surface area contributed by atoms with Crippen molar-refractivity contribution >= 4 is 11.9 Å². The van der Waals surface area contributed by atoms with Gasteiger partial charge >= 0.3 is 0 Å². The average molecular weight is 244 g/mol. The van der Waals surface area contributed by atoms with Crippen molar-refractivity contribution in [3.05, 3.63) is 29.5 Å². The maximum atomic E-state index is 5.39. The van der Waals surface area contributed by atoms with E-state index in [-0.39, 0.29) is 0 Å². The van der Waals surface area contributed by atoms with Gasteiger partial charge in [-0.25, -0.2) is 4.99 Å². The third-order valence-electron chi connectivity index (χ3n) is 3.02. The van der Waals surface area contributed by atoms with Gasteiger partial charge in [0.25, 0.3) is 0 Å². The standard InChI is InChI=1S/C13H16N4O/c1-11-10-13(16-6-8-18-9-7-16)17-12(15-11)4-2-3-5-14-17/h2,5,10H,3,6-9H2,1H3. The van der Waals surface area contributed by atoms with Gasteiger partial charge in [-0.1, -0.05) is 5.73 Å². The number of rotatable bonds is 1. The molecule has 0 aromatic rings. The summed E-state index contributed by atoms with van der Waals surface area (Å²) >= 11 is 0. The minimum atomic E-state index is 0.764. The highest BCUT2D eigenvalue weighted by molar-refractivity contribution is 5.94. The number of fused-ring (bicyclic) bond motifs is 1. The first-order chi connectivity index (χ1) is 8.84. The van der Waals surface area contributed by atoms with E-state index in [4.69, 9.17) is 4.74 Å². The van der Waals surface area contributed by atoms with Crippen molar-refractivity contribution in [3.8, 4) is 0 Å². The Kier molecular flexibility index (Phi) is 3.00. The highest BCUT2D eigenvalue weighted by Gasteiger charge is 2.25. The molecule has 0 unspecified atom stereocenters. The van der Waals surface area contributed by atoms with E-state index >= 15 is 0 Å². The fourth-order valence-electron chi connectivity index (χ4n) is 2.16. The van der Waals surface area contributed by atoms with Gasteiger partial charge in [0.05, 0.1) is 13.2 Å². The molecule has 94 valence electrons. The minimum Gasteiger partial charge on any atom is -0.378 e. The van der Waals surface area contributed by atoms with E-state index in [9.17, 15) is 0 Å². The molecule has 0 N–H and O–H groups in total. The van der Waals surface area contributed by atoms with E-state index in [1.807, 2.05) is 24.2 Å². The van der Waals surface area contributed by atoms with Gasteiger partial charge in [-0.15, -0.1) is 0 Å². The molecule has 0 radical (unpaired) electrons. The summed E-state index contributed by atoms with van der Waals surface area (Å²) in [7, 11) is 0. The summed E-state index contributed by atoms with van der Waals surface area (Å²) in [5, 5.41) is 6.32. The molecule has 0 bridgehead atoms. The zero-order valence-electron chi connectivity index (χ0n) is 10.5. The van der Waals surface area contributed by atoms with Crippen LogP contribution in [0.25, 0.3) is 0 Å². The van der Waals surface area contributed by atoms with Crippen molar-refractivity contribution in [2.75, 3.05) is 26.3 Å². The Bertz CT molecular complexity index is 491. The van der Waals surface area contributed by atoms with E-state index in [2.05, 4.69) is 26.8 Å².